The maximum Gasteiger partial charge on any atom is 0.257 e. The molecule has 1 aliphatic carbocycles. The van der Waals surface area contributed by atoms with E-state index in [1.54, 1.807) is 16.2 Å². The van der Waals surface area contributed by atoms with Gasteiger partial charge in [0.1, 0.15) is 5.82 Å². The van der Waals surface area contributed by atoms with Crippen LogP contribution in [0.1, 0.15) is 28.1 Å². The lowest BCUT2D eigenvalue weighted by Crippen LogP contribution is -2.33. The molecule has 0 radical (unpaired) electrons. The van der Waals surface area contributed by atoms with E-state index in [9.17, 15) is 9.18 Å². The van der Waals surface area contributed by atoms with Gasteiger partial charge in [-0.2, -0.15) is 0 Å². The lowest BCUT2D eigenvalue weighted by Gasteiger charge is -2.22. The van der Waals surface area contributed by atoms with Gasteiger partial charge in [-0.25, -0.2) is 4.39 Å². The number of carbonyl (C=O) groups is 1. The van der Waals surface area contributed by atoms with Gasteiger partial charge < -0.3 is 10.6 Å². The third kappa shape index (κ3) is 2.67. The molecule has 2 N–H and O–H groups in total. The van der Waals surface area contributed by atoms with Crippen LogP contribution >= 0.6 is 11.3 Å². The van der Waals surface area contributed by atoms with Crippen molar-refractivity contribution in [2.24, 2.45) is 0 Å². The third-order valence-corrected chi connectivity index (χ3v) is 4.24. The van der Waals surface area contributed by atoms with Crippen LogP contribution in [0, 0.1) is 5.82 Å². The maximum atomic E-state index is 13.8. The zero-order chi connectivity index (χ0) is 14.1. The van der Waals surface area contributed by atoms with E-state index >= 15 is 0 Å². The van der Waals surface area contributed by atoms with Crippen LogP contribution in [-0.4, -0.2) is 16.8 Å². The van der Waals surface area contributed by atoms with Gasteiger partial charge in [0, 0.05) is 16.6 Å². The van der Waals surface area contributed by atoms with Gasteiger partial charge in [-0.3, -0.25) is 4.79 Å². The number of hydrogen-bond acceptors (Lipinski definition) is 3. The molecule has 1 aliphatic rings. The number of rotatable bonds is 4. The molecule has 1 amide bonds. The van der Waals surface area contributed by atoms with Crippen molar-refractivity contribution in [1.29, 1.82) is 0 Å². The minimum atomic E-state index is -0.513. The van der Waals surface area contributed by atoms with E-state index in [-0.39, 0.29) is 17.5 Å². The van der Waals surface area contributed by atoms with Crippen molar-refractivity contribution in [1.82, 2.24) is 4.90 Å². The molecule has 5 heteroatoms. The van der Waals surface area contributed by atoms with Gasteiger partial charge in [0.25, 0.3) is 5.91 Å². The number of benzene rings is 1. The van der Waals surface area contributed by atoms with Gasteiger partial charge in [-0.15, -0.1) is 11.3 Å². The molecule has 1 saturated carbocycles. The second-order valence-corrected chi connectivity index (χ2v) is 6.02. The molecule has 1 fully saturated rings. The Bertz CT molecular complexity index is 623. The molecule has 0 aliphatic heterocycles. The Balaban J connectivity index is 1.87. The van der Waals surface area contributed by atoms with E-state index in [1.165, 1.54) is 18.2 Å². The standard InChI is InChI=1S/C15H15FN2OS/c16-14-6-3-10(17)8-13(14)15(19)18(11-4-5-11)9-12-2-1-7-20-12/h1-3,6-8,11H,4-5,9,17H2. The topological polar surface area (TPSA) is 46.3 Å². The van der Waals surface area contributed by atoms with E-state index in [0.29, 0.717) is 12.2 Å². The van der Waals surface area contributed by atoms with E-state index in [4.69, 9.17) is 5.73 Å². The van der Waals surface area contributed by atoms with Crippen LogP contribution in [0.2, 0.25) is 0 Å². The zero-order valence-electron chi connectivity index (χ0n) is 10.9. The molecule has 104 valence electrons. The summed E-state index contributed by atoms with van der Waals surface area (Å²) in [4.78, 5) is 15.4. The van der Waals surface area contributed by atoms with Crippen molar-refractivity contribution in [2.45, 2.75) is 25.4 Å². The van der Waals surface area contributed by atoms with E-state index in [2.05, 4.69) is 0 Å². The summed E-state index contributed by atoms with van der Waals surface area (Å²) in [6, 6.07) is 8.30. The Morgan fingerprint density at radius 1 is 1.40 bits per heavy atom. The van der Waals surface area contributed by atoms with Crippen molar-refractivity contribution < 1.29 is 9.18 Å². The number of nitrogens with zero attached hydrogens (tertiary/aromatic N) is 1. The molecule has 0 atom stereocenters. The minimum Gasteiger partial charge on any atom is -0.399 e. The fourth-order valence-corrected chi connectivity index (χ4v) is 2.89. The molecular formula is C15H15FN2OS. The van der Waals surface area contributed by atoms with E-state index < -0.39 is 5.82 Å². The molecule has 1 aromatic carbocycles. The Morgan fingerprint density at radius 3 is 2.85 bits per heavy atom. The van der Waals surface area contributed by atoms with Gasteiger partial charge in [-0.05, 0) is 42.5 Å². The fourth-order valence-electron chi connectivity index (χ4n) is 2.18. The molecule has 1 aromatic heterocycles. The van der Waals surface area contributed by atoms with Crippen molar-refractivity contribution in [3.63, 3.8) is 0 Å². The van der Waals surface area contributed by atoms with Crippen LogP contribution in [0.15, 0.2) is 35.7 Å². The van der Waals surface area contributed by atoms with Crippen molar-refractivity contribution >= 4 is 22.9 Å². The minimum absolute atomic E-state index is 0.0634. The average molecular weight is 290 g/mol. The molecule has 0 spiro atoms. The van der Waals surface area contributed by atoms with Gasteiger partial charge >= 0.3 is 0 Å². The highest BCUT2D eigenvalue weighted by Gasteiger charge is 2.34. The second kappa shape index (κ2) is 5.25. The van der Waals surface area contributed by atoms with Crippen LogP contribution < -0.4 is 5.73 Å². The van der Waals surface area contributed by atoms with Crippen molar-refractivity contribution in [3.8, 4) is 0 Å². The molecule has 2 aromatic rings. The molecule has 0 bridgehead atoms. The van der Waals surface area contributed by atoms with Crippen LogP contribution in [0.5, 0.6) is 0 Å². The van der Waals surface area contributed by atoms with Crippen molar-refractivity contribution in [2.75, 3.05) is 5.73 Å². The molecule has 20 heavy (non-hydrogen) atoms. The largest absolute Gasteiger partial charge is 0.399 e. The summed E-state index contributed by atoms with van der Waals surface area (Å²) in [6.45, 7) is 0.537. The number of thiophene rings is 1. The Hall–Kier alpha value is -1.88. The molecule has 0 unspecified atom stereocenters. The number of halogens is 1. The average Bonchev–Trinajstić information content (AvgIpc) is 3.15. The monoisotopic (exact) mass is 290 g/mol. The molecule has 1 heterocycles. The number of nitrogens with two attached hydrogens (primary N) is 1. The fraction of sp³-hybridized carbons (Fsp3) is 0.267. The van der Waals surface area contributed by atoms with Gasteiger partial charge in [0.05, 0.1) is 12.1 Å². The summed E-state index contributed by atoms with van der Waals surface area (Å²) in [5, 5.41) is 1.98. The first-order chi connectivity index (χ1) is 9.65. The first-order valence-corrected chi connectivity index (χ1v) is 7.41. The summed E-state index contributed by atoms with van der Waals surface area (Å²) in [7, 11) is 0. The lowest BCUT2D eigenvalue weighted by atomic mass is 10.1. The lowest BCUT2D eigenvalue weighted by molar-refractivity contribution is 0.0727. The SMILES string of the molecule is Nc1ccc(F)c(C(=O)N(Cc2cccs2)C2CC2)c1. The van der Waals surface area contributed by atoms with Crippen molar-refractivity contribution in [3.05, 3.63) is 52.0 Å². The summed E-state index contributed by atoms with van der Waals surface area (Å²) in [5.74, 6) is -0.785. The van der Waals surface area contributed by atoms with Crippen LogP contribution in [0.25, 0.3) is 0 Å². The van der Waals surface area contributed by atoms with Crippen LogP contribution in [0.4, 0.5) is 10.1 Å². The number of anilines is 1. The first-order valence-electron chi connectivity index (χ1n) is 6.53. The highest BCUT2D eigenvalue weighted by molar-refractivity contribution is 7.09. The molecular weight excluding hydrogens is 275 g/mol. The molecule has 3 rings (SSSR count). The Kier molecular flexibility index (Phi) is 3.44. The van der Waals surface area contributed by atoms with Gasteiger partial charge in [0.2, 0.25) is 0 Å². The maximum absolute atomic E-state index is 13.8. The van der Waals surface area contributed by atoms with Crippen LogP contribution in [0.3, 0.4) is 0 Å². The highest BCUT2D eigenvalue weighted by Crippen LogP contribution is 2.31. The second-order valence-electron chi connectivity index (χ2n) is 4.98. The van der Waals surface area contributed by atoms with Gasteiger partial charge in [0.15, 0.2) is 0 Å². The zero-order valence-corrected chi connectivity index (χ0v) is 11.7. The predicted octanol–water partition coefficient (Wildman–Crippen LogP) is 3.27. The van der Waals surface area contributed by atoms with Gasteiger partial charge in [-0.1, -0.05) is 6.07 Å². The molecule has 3 nitrogen and oxygen atoms in total. The summed E-state index contributed by atoms with van der Waals surface area (Å²) < 4.78 is 13.8. The summed E-state index contributed by atoms with van der Waals surface area (Å²) >= 11 is 1.60. The van der Waals surface area contributed by atoms with E-state index in [1.807, 2.05) is 17.5 Å². The van der Waals surface area contributed by atoms with E-state index in [0.717, 1.165) is 17.7 Å². The van der Waals surface area contributed by atoms with Crippen LogP contribution in [-0.2, 0) is 6.54 Å². The number of amides is 1. The summed E-state index contributed by atoms with van der Waals surface area (Å²) in [6.07, 6.45) is 1.97. The normalized spacial score (nSPS) is 14.2. The summed E-state index contributed by atoms with van der Waals surface area (Å²) in [5.41, 5.74) is 6.13. The Labute approximate surface area is 120 Å². The number of nitrogen functional groups attached to an aromatic ring is 1. The quantitative estimate of drug-likeness (QED) is 0.878. The molecule has 0 saturated heterocycles. The third-order valence-electron chi connectivity index (χ3n) is 3.38. The smallest absolute Gasteiger partial charge is 0.257 e. The number of carbonyl (C=O) groups excluding carboxylic acids is 1. The Morgan fingerprint density at radius 2 is 2.20 bits per heavy atom. The predicted molar refractivity (Wildman–Crippen MR) is 78.0 cm³/mol. The first kappa shape index (κ1) is 13.1. The highest BCUT2D eigenvalue weighted by atomic mass is 32.1. The number of hydrogen-bond donors (Lipinski definition) is 1.